The van der Waals surface area contributed by atoms with Crippen LogP contribution in [-0.4, -0.2) is 50.8 Å². The Labute approximate surface area is 163 Å². The number of ether oxygens (including phenoxy) is 2. The number of nitrogens with one attached hydrogen (secondary N) is 1. The van der Waals surface area contributed by atoms with Crippen molar-refractivity contribution in [3.63, 3.8) is 0 Å². The zero-order valence-electron chi connectivity index (χ0n) is 15.8. The van der Waals surface area contributed by atoms with Crippen molar-refractivity contribution < 1.29 is 23.0 Å². The van der Waals surface area contributed by atoms with Crippen LogP contribution < -0.4 is 5.32 Å². The molecule has 0 saturated carbocycles. The molecule has 1 aliphatic heterocycles. The van der Waals surface area contributed by atoms with Crippen LogP contribution in [0.4, 0.5) is 8.78 Å². The van der Waals surface area contributed by atoms with Gasteiger partial charge < -0.3 is 19.7 Å². The van der Waals surface area contributed by atoms with E-state index in [1.165, 1.54) is 30.3 Å². The van der Waals surface area contributed by atoms with E-state index in [0.29, 0.717) is 44.0 Å². The highest BCUT2D eigenvalue weighted by molar-refractivity contribution is 5.94. The van der Waals surface area contributed by atoms with Gasteiger partial charge in [-0.15, -0.1) is 0 Å². The molecule has 150 valence electrons. The first-order valence-corrected chi connectivity index (χ1v) is 9.22. The monoisotopic (exact) mass is 390 g/mol. The zero-order chi connectivity index (χ0) is 19.9. The van der Waals surface area contributed by atoms with Gasteiger partial charge in [-0.1, -0.05) is 12.1 Å². The summed E-state index contributed by atoms with van der Waals surface area (Å²) in [7, 11) is 1.56. The summed E-state index contributed by atoms with van der Waals surface area (Å²) in [5.41, 5.74) is 1.43. The van der Waals surface area contributed by atoms with E-state index < -0.39 is 5.82 Å². The van der Waals surface area contributed by atoms with E-state index in [0.717, 1.165) is 5.56 Å². The Morgan fingerprint density at radius 2 is 2.07 bits per heavy atom. The molecule has 2 aromatic carbocycles. The fraction of sp³-hybridized carbons (Fsp3) is 0.381. The number of carbonyl (C=O) groups is 1. The molecule has 0 aliphatic carbocycles. The van der Waals surface area contributed by atoms with Crippen LogP contribution in [0.15, 0.2) is 42.5 Å². The Balaban J connectivity index is 1.79. The molecule has 1 saturated heterocycles. The molecule has 3 rings (SSSR count). The predicted octanol–water partition coefficient (Wildman–Crippen LogP) is 2.91. The third kappa shape index (κ3) is 4.92. The number of amides is 1. The smallest absolute Gasteiger partial charge is 0.254 e. The van der Waals surface area contributed by atoms with Gasteiger partial charge in [0.1, 0.15) is 11.6 Å². The molecule has 1 aliphatic rings. The highest BCUT2D eigenvalue weighted by atomic mass is 19.1. The summed E-state index contributed by atoms with van der Waals surface area (Å²) in [6.45, 7) is 2.47. The molecular formula is C21H24F2N2O3. The van der Waals surface area contributed by atoms with E-state index >= 15 is 0 Å². The second-order valence-corrected chi connectivity index (χ2v) is 6.63. The van der Waals surface area contributed by atoms with Crippen molar-refractivity contribution in [1.82, 2.24) is 10.2 Å². The molecule has 1 N–H and O–H groups in total. The van der Waals surface area contributed by atoms with Crippen molar-refractivity contribution in [2.75, 3.05) is 40.0 Å². The molecule has 2 aromatic rings. The number of hydrogen-bond donors (Lipinski definition) is 1. The molecule has 0 aromatic heterocycles. The van der Waals surface area contributed by atoms with Crippen LogP contribution in [0.1, 0.15) is 27.5 Å². The molecule has 7 heteroatoms. The third-order valence-corrected chi connectivity index (χ3v) is 4.72. The van der Waals surface area contributed by atoms with Gasteiger partial charge in [0.2, 0.25) is 0 Å². The van der Waals surface area contributed by atoms with Crippen molar-refractivity contribution >= 4 is 5.91 Å². The van der Waals surface area contributed by atoms with Crippen molar-refractivity contribution in [2.24, 2.45) is 0 Å². The van der Waals surface area contributed by atoms with E-state index in [2.05, 4.69) is 5.32 Å². The zero-order valence-corrected chi connectivity index (χ0v) is 15.8. The highest BCUT2D eigenvalue weighted by Crippen LogP contribution is 2.25. The minimum Gasteiger partial charge on any atom is -0.382 e. The molecular weight excluding hydrogens is 366 g/mol. The van der Waals surface area contributed by atoms with Gasteiger partial charge >= 0.3 is 0 Å². The Hall–Kier alpha value is -2.35. The minimum absolute atomic E-state index is 0.0607. The topological polar surface area (TPSA) is 50.8 Å². The number of rotatable bonds is 7. The second kappa shape index (κ2) is 9.73. The van der Waals surface area contributed by atoms with E-state index in [-0.39, 0.29) is 24.4 Å². The first-order chi connectivity index (χ1) is 13.6. The average molecular weight is 390 g/mol. The maximum atomic E-state index is 14.1. The largest absolute Gasteiger partial charge is 0.382 e. The lowest BCUT2D eigenvalue weighted by Gasteiger charge is -2.36. The fourth-order valence-corrected chi connectivity index (χ4v) is 3.27. The Morgan fingerprint density at radius 1 is 1.21 bits per heavy atom. The number of methoxy groups -OCH3 is 1. The van der Waals surface area contributed by atoms with Crippen LogP contribution in [-0.2, 0) is 16.1 Å². The van der Waals surface area contributed by atoms with E-state index in [1.54, 1.807) is 24.1 Å². The van der Waals surface area contributed by atoms with E-state index in [1.807, 2.05) is 0 Å². The number of benzene rings is 2. The van der Waals surface area contributed by atoms with Gasteiger partial charge in [0.25, 0.3) is 5.91 Å². The summed E-state index contributed by atoms with van der Waals surface area (Å²) >= 11 is 0. The first kappa shape index (κ1) is 20.4. The molecule has 28 heavy (non-hydrogen) atoms. The van der Waals surface area contributed by atoms with Crippen molar-refractivity contribution in [3.05, 3.63) is 70.8 Å². The lowest BCUT2D eigenvalue weighted by molar-refractivity contribution is 0.0598. The maximum Gasteiger partial charge on any atom is 0.254 e. The molecule has 0 radical (unpaired) electrons. The number of piperazine rings is 1. The molecule has 1 atom stereocenters. The molecule has 0 spiro atoms. The van der Waals surface area contributed by atoms with Gasteiger partial charge in [-0.05, 0) is 35.9 Å². The molecule has 0 bridgehead atoms. The Bertz CT molecular complexity index is 816. The SMILES string of the molecule is COCCOCc1cc(C(=O)N2CCNCC2c2cccc(F)c2)ccc1F. The van der Waals surface area contributed by atoms with Crippen molar-refractivity contribution in [2.45, 2.75) is 12.6 Å². The van der Waals surface area contributed by atoms with Crippen LogP contribution >= 0.6 is 0 Å². The second-order valence-electron chi connectivity index (χ2n) is 6.63. The van der Waals surface area contributed by atoms with Crippen LogP contribution in [0.2, 0.25) is 0 Å². The van der Waals surface area contributed by atoms with E-state index in [4.69, 9.17) is 9.47 Å². The number of nitrogens with zero attached hydrogens (tertiary/aromatic N) is 1. The molecule has 1 fully saturated rings. The highest BCUT2D eigenvalue weighted by Gasteiger charge is 2.29. The third-order valence-electron chi connectivity index (χ3n) is 4.72. The van der Waals surface area contributed by atoms with Gasteiger partial charge in [0, 0.05) is 37.9 Å². The Morgan fingerprint density at radius 3 is 2.86 bits per heavy atom. The molecule has 1 unspecified atom stereocenters. The van der Waals surface area contributed by atoms with Crippen molar-refractivity contribution in [1.29, 1.82) is 0 Å². The normalized spacial score (nSPS) is 17.0. The maximum absolute atomic E-state index is 14.1. The standard InChI is InChI=1S/C21H24F2N2O3/c1-27-9-10-28-14-17-11-16(5-6-19(17)23)21(26)25-8-7-24-13-20(25)15-3-2-4-18(22)12-15/h2-6,11-12,20,24H,7-10,13-14H2,1H3. The van der Waals surface area contributed by atoms with Gasteiger partial charge in [0.15, 0.2) is 0 Å². The Kier molecular flexibility index (Phi) is 7.08. The van der Waals surface area contributed by atoms with Crippen LogP contribution in [0, 0.1) is 11.6 Å². The first-order valence-electron chi connectivity index (χ1n) is 9.22. The summed E-state index contributed by atoms with van der Waals surface area (Å²) in [4.78, 5) is 14.8. The minimum atomic E-state index is -0.420. The summed E-state index contributed by atoms with van der Waals surface area (Å²) in [5.74, 6) is -0.974. The van der Waals surface area contributed by atoms with Crippen LogP contribution in [0.5, 0.6) is 0 Å². The molecule has 5 nitrogen and oxygen atoms in total. The molecule has 1 amide bonds. The number of hydrogen-bond acceptors (Lipinski definition) is 4. The average Bonchev–Trinajstić information content (AvgIpc) is 2.72. The lowest BCUT2D eigenvalue weighted by atomic mass is 10.0. The van der Waals surface area contributed by atoms with Gasteiger partial charge in [-0.25, -0.2) is 8.78 Å². The summed E-state index contributed by atoms with van der Waals surface area (Å²) in [6, 6.07) is 10.2. The predicted molar refractivity (Wildman–Crippen MR) is 101 cm³/mol. The lowest BCUT2D eigenvalue weighted by Crippen LogP contribution is -2.48. The summed E-state index contributed by atoms with van der Waals surface area (Å²) < 4.78 is 38.0. The quantitative estimate of drug-likeness (QED) is 0.739. The van der Waals surface area contributed by atoms with Gasteiger partial charge in [-0.3, -0.25) is 4.79 Å². The van der Waals surface area contributed by atoms with Gasteiger partial charge in [-0.2, -0.15) is 0 Å². The van der Waals surface area contributed by atoms with E-state index in [9.17, 15) is 13.6 Å². The van der Waals surface area contributed by atoms with Crippen LogP contribution in [0.3, 0.4) is 0 Å². The van der Waals surface area contributed by atoms with Crippen molar-refractivity contribution in [3.8, 4) is 0 Å². The summed E-state index contributed by atoms with van der Waals surface area (Å²) in [6.07, 6.45) is 0. The van der Waals surface area contributed by atoms with Gasteiger partial charge in [0.05, 0.1) is 25.9 Å². The summed E-state index contributed by atoms with van der Waals surface area (Å²) in [5, 5.41) is 3.24. The number of halogens is 2. The van der Waals surface area contributed by atoms with Crippen LogP contribution in [0.25, 0.3) is 0 Å². The fourth-order valence-electron chi connectivity index (χ4n) is 3.27. The molecule has 1 heterocycles. The number of carbonyl (C=O) groups excluding carboxylic acids is 1.